The van der Waals surface area contributed by atoms with Crippen LogP contribution in [0.25, 0.3) is 0 Å². The maximum atomic E-state index is 12.4. The number of hydrazine groups is 1. The maximum absolute atomic E-state index is 12.4. The van der Waals surface area contributed by atoms with Crippen molar-refractivity contribution in [3.63, 3.8) is 0 Å². The molecule has 9 heteroatoms. The predicted molar refractivity (Wildman–Crippen MR) is 130 cm³/mol. The number of amides is 1. The van der Waals surface area contributed by atoms with Gasteiger partial charge in [-0.05, 0) is 50.1 Å². The summed E-state index contributed by atoms with van der Waals surface area (Å²) in [7, 11) is 0. The van der Waals surface area contributed by atoms with Crippen molar-refractivity contribution in [2.45, 2.75) is 38.5 Å². The molecule has 3 aliphatic rings. The van der Waals surface area contributed by atoms with Gasteiger partial charge in [0.2, 0.25) is 5.91 Å². The van der Waals surface area contributed by atoms with Gasteiger partial charge < -0.3 is 15.2 Å². The molecule has 1 saturated heterocycles. The van der Waals surface area contributed by atoms with Gasteiger partial charge in [0.1, 0.15) is 6.17 Å². The second-order valence-electron chi connectivity index (χ2n) is 8.45. The Balaban J connectivity index is 1.16. The monoisotopic (exact) mass is 462 g/mol. The number of hydrogen-bond donors (Lipinski definition) is 3. The summed E-state index contributed by atoms with van der Waals surface area (Å²) in [5, 5.41) is 10.3. The van der Waals surface area contributed by atoms with E-state index in [2.05, 4.69) is 62.4 Å². The predicted octanol–water partition coefficient (Wildman–Crippen LogP) is 3.18. The standard InChI is InChI=1S/C24H26N6O2S/c1-15-3-5-18(6-4-15)20-13-21-23-26-27-24(29(23)11-12-30(21)28-20)33-14-22(32)25-19-9-7-17(8-10-19)16(2)31/h3-12,20-21,23,26,28H,13-14H2,1-2H3,(H,25,32). The molecule has 5 rings (SSSR count). The lowest BCUT2D eigenvalue weighted by molar-refractivity contribution is -0.113. The second kappa shape index (κ2) is 8.92. The Morgan fingerprint density at radius 2 is 1.88 bits per heavy atom. The van der Waals surface area contributed by atoms with Crippen LogP contribution in [-0.4, -0.2) is 44.7 Å². The lowest BCUT2D eigenvalue weighted by atomic mass is 9.99. The fourth-order valence-electron chi connectivity index (χ4n) is 4.28. The smallest absolute Gasteiger partial charge is 0.234 e. The third-order valence-corrected chi connectivity index (χ3v) is 7.06. The molecule has 2 aromatic rings. The molecule has 0 spiro atoms. The van der Waals surface area contributed by atoms with E-state index >= 15 is 0 Å². The van der Waals surface area contributed by atoms with Crippen LogP contribution in [0.15, 0.2) is 66.0 Å². The van der Waals surface area contributed by atoms with Crippen LogP contribution in [0.4, 0.5) is 5.69 Å². The van der Waals surface area contributed by atoms with Crippen molar-refractivity contribution in [2.24, 2.45) is 5.10 Å². The minimum Gasteiger partial charge on any atom is -0.325 e. The molecular formula is C24H26N6O2S. The maximum Gasteiger partial charge on any atom is 0.234 e. The summed E-state index contributed by atoms with van der Waals surface area (Å²) in [6.07, 6.45) is 5.00. The van der Waals surface area contributed by atoms with Crippen molar-refractivity contribution in [1.82, 2.24) is 20.8 Å². The molecule has 8 nitrogen and oxygen atoms in total. The van der Waals surface area contributed by atoms with E-state index in [0.717, 1.165) is 11.6 Å². The number of nitrogens with zero attached hydrogens (tertiary/aromatic N) is 3. The van der Waals surface area contributed by atoms with Crippen LogP contribution in [0.3, 0.4) is 0 Å². The number of Topliss-reactive ketones (excluding diaryl/α,β-unsaturated/α-hetero) is 1. The molecule has 1 fully saturated rings. The fourth-order valence-corrected chi connectivity index (χ4v) is 5.05. The van der Waals surface area contributed by atoms with Gasteiger partial charge in [-0.25, -0.2) is 5.43 Å². The topological polar surface area (TPSA) is 89.1 Å². The van der Waals surface area contributed by atoms with E-state index < -0.39 is 0 Å². The number of hydrazone groups is 1. The molecule has 3 atom stereocenters. The zero-order chi connectivity index (χ0) is 22.9. The lowest BCUT2D eigenvalue weighted by Crippen LogP contribution is -2.54. The number of benzene rings is 2. The first-order valence-corrected chi connectivity index (χ1v) is 11.9. The molecule has 0 bridgehead atoms. The van der Waals surface area contributed by atoms with Crippen molar-refractivity contribution in [1.29, 1.82) is 0 Å². The average Bonchev–Trinajstić information content (AvgIpc) is 3.42. The molecule has 170 valence electrons. The number of ketones is 1. The summed E-state index contributed by atoms with van der Waals surface area (Å²) < 4.78 is 0. The van der Waals surface area contributed by atoms with Crippen LogP contribution in [0.2, 0.25) is 0 Å². The largest absolute Gasteiger partial charge is 0.325 e. The second-order valence-corrected chi connectivity index (χ2v) is 9.39. The third kappa shape index (κ3) is 4.46. The number of rotatable bonds is 5. The molecule has 33 heavy (non-hydrogen) atoms. The van der Waals surface area contributed by atoms with Gasteiger partial charge in [0.25, 0.3) is 0 Å². The van der Waals surface area contributed by atoms with Crippen molar-refractivity contribution in [3.8, 4) is 0 Å². The van der Waals surface area contributed by atoms with Crippen molar-refractivity contribution >= 4 is 34.3 Å². The van der Waals surface area contributed by atoms with Gasteiger partial charge in [-0.3, -0.25) is 15.0 Å². The highest BCUT2D eigenvalue weighted by atomic mass is 32.2. The quantitative estimate of drug-likeness (QED) is 0.588. The van der Waals surface area contributed by atoms with Gasteiger partial charge in [-0.2, -0.15) is 5.10 Å². The van der Waals surface area contributed by atoms with E-state index in [1.54, 1.807) is 24.3 Å². The van der Waals surface area contributed by atoms with E-state index in [1.807, 2.05) is 12.4 Å². The zero-order valence-electron chi connectivity index (χ0n) is 18.5. The zero-order valence-corrected chi connectivity index (χ0v) is 19.3. The van der Waals surface area contributed by atoms with Gasteiger partial charge in [-0.15, -0.1) is 0 Å². The SMILES string of the molecule is CC(=O)c1ccc(NC(=O)CSC2=NNC3C4CC(c5ccc(C)cc5)NN4C=CN23)cc1. The molecule has 0 radical (unpaired) electrons. The Morgan fingerprint density at radius 1 is 1.12 bits per heavy atom. The molecule has 2 aromatic carbocycles. The Kier molecular flexibility index (Phi) is 5.82. The van der Waals surface area contributed by atoms with E-state index in [4.69, 9.17) is 0 Å². The van der Waals surface area contributed by atoms with Gasteiger partial charge in [0, 0.05) is 23.7 Å². The number of nitrogens with one attached hydrogen (secondary N) is 3. The Morgan fingerprint density at radius 3 is 2.61 bits per heavy atom. The van der Waals surface area contributed by atoms with Crippen LogP contribution < -0.4 is 16.2 Å². The summed E-state index contributed by atoms with van der Waals surface area (Å²) in [6.45, 7) is 3.62. The van der Waals surface area contributed by atoms with Crippen LogP contribution in [-0.2, 0) is 4.79 Å². The molecule has 3 N–H and O–H groups in total. The van der Waals surface area contributed by atoms with Gasteiger partial charge >= 0.3 is 0 Å². The highest BCUT2D eigenvalue weighted by Crippen LogP contribution is 2.35. The van der Waals surface area contributed by atoms with E-state index in [1.165, 1.54) is 29.8 Å². The fraction of sp³-hybridized carbons (Fsp3) is 0.292. The molecule has 3 heterocycles. The number of fused-ring (bicyclic) bond motifs is 3. The average molecular weight is 463 g/mol. The van der Waals surface area contributed by atoms with E-state index in [-0.39, 0.29) is 35.7 Å². The van der Waals surface area contributed by atoms with E-state index in [0.29, 0.717) is 11.3 Å². The molecule has 1 amide bonds. The number of thioether (sulfide) groups is 1. The molecule has 0 saturated carbocycles. The summed E-state index contributed by atoms with van der Waals surface area (Å²) in [5.41, 5.74) is 10.6. The molecule has 0 aromatic heterocycles. The number of amidine groups is 1. The number of carbonyl (C=O) groups excluding carboxylic acids is 2. The lowest BCUT2D eigenvalue weighted by Gasteiger charge is -2.36. The normalized spacial score (nSPS) is 23.0. The molecule has 0 aliphatic carbocycles. The number of aryl methyl sites for hydroxylation is 1. The Labute approximate surface area is 197 Å². The first-order chi connectivity index (χ1) is 16.0. The van der Waals surface area contributed by atoms with Crippen molar-refractivity contribution < 1.29 is 9.59 Å². The van der Waals surface area contributed by atoms with Crippen molar-refractivity contribution in [3.05, 3.63) is 77.6 Å². The number of carbonyl (C=O) groups is 2. The number of hydrogen-bond acceptors (Lipinski definition) is 8. The van der Waals surface area contributed by atoms with Gasteiger partial charge in [0.15, 0.2) is 11.0 Å². The molecule has 3 unspecified atom stereocenters. The highest BCUT2D eigenvalue weighted by Gasteiger charge is 2.44. The van der Waals surface area contributed by atoms with E-state index in [9.17, 15) is 9.59 Å². The summed E-state index contributed by atoms with van der Waals surface area (Å²) in [6, 6.07) is 16.0. The van der Waals surface area contributed by atoms with Crippen LogP contribution in [0.5, 0.6) is 0 Å². The van der Waals surface area contributed by atoms with Gasteiger partial charge in [0.05, 0.1) is 17.8 Å². The van der Waals surface area contributed by atoms with Crippen LogP contribution in [0, 0.1) is 6.92 Å². The Bertz CT molecular complexity index is 1110. The van der Waals surface area contributed by atoms with Crippen LogP contribution in [0.1, 0.15) is 40.9 Å². The van der Waals surface area contributed by atoms with Gasteiger partial charge in [-0.1, -0.05) is 41.6 Å². The minimum atomic E-state index is -0.119. The summed E-state index contributed by atoms with van der Waals surface area (Å²) in [5.74, 6) is 0.122. The third-order valence-electron chi connectivity index (χ3n) is 6.09. The Hall–Kier alpha value is -3.30. The molecular weight excluding hydrogens is 436 g/mol. The van der Waals surface area contributed by atoms with Crippen molar-refractivity contribution in [2.75, 3.05) is 11.1 Å². The minimum absolute atomic E-state index is 0.000493. The van der Waals surface area contributed by atoms with Crippen LogP contribution >= 0.6 is 11.8 Å². The highest BCUT2D eigenvalue weighted by molar-refractivity contribution is 8.14. The summed E-state index contributed by atoms with van der Waals surface area (Å²) in [4.78, 5) is 25.9. The first kappa shape index (κ1) is 21.5. The molecule has 3 aliphatic heterocycles. The first-order valence-electron chi connectivity index (χ1n) is 10.9. The number of anilines is 1. The summed E-state index contributed by atoms with van der Waals surface area (Å²) >= 11 is 1.40.